The van der Waals surface area contributed by atoms with Crippen molar-refractivity contribution in [1.29, 1.82) is 0 Å². The topological polar surface area (TPSA) is 330 Å². The van der Waals surface area contributed by atoms with Crippen molar-refractivity contribution in [2.45, 2.75) is 156 Å². The number of piperidine rings is 1. The van der Waals surface area contributed by atoms with Crippen LogP contribution in [0.2, 0.25) is 0 Å². The number of aliphatic carboxylic acids is 2. The predicted octanol–water partition coefficient (Wildman–Crippen LogP) is 0.381. The summed E-state index contributed by atoms with van der Waals surface area (Å²) < 4.78 is 0. The van der Waals surface area contributed by atoms with Crippen LogP contribution in [0.15, 0.2) is 24.3 Å². The van der Waals surface area contributed by atoms with E-state index in [-0.39, 0.29) is 57.0 Å². The van der Waals surface area contributed by atoms with Gasteiger partial charge in [-0.1, -0.05) is 78.6 Å². The summed E-state index contributed by atoms with van der Waals surface area (Å²) in [7, 11) is 0. The van der Waals surface area contributed by atoms with Crippen LogP contribution in [-0.2, 0) is 59.2 Å². The minimum atomic E-state index is -1.69. The molecule has 372 valence electrons. The first-order valence-electron chi connectivity index (χ1n) is 22.6. The number of primary amides is 1. The van der Waals surface area contributed by atoms with Crippen molar-refractivity contribution in [3.63, 3.8) is 0 Å². The van der Waals surface area contributed by atoms with Crippen LogP contribution in [0.3, 0.4) is 0 Å². The number of ketones is 1. The molecule has 0 aliphatic carbocycles. The lowest BCUT2D eigenvalue weighted by Gasteiger charge is -2.34. The summed E-state index contributed by atoms with van der Waals surface area (Å²) in [6, 6.07) is -1.72. The third-order valence-electron chi connectivity index (χ3n) is 11.4. The summed E-state index contributed by atoms with van der Waals surface area (Å²) in [6.07, 6.45) is -0.332. The fraction of sp³-hybridized carbons (Fsp3) is 0.630. The number of hydrogen-bond acceptors (Lipinski definition) is 11. The Balaban J connectivity index is 2.47. The smallest absolute Gasteiger partial charge is 0.305 e. The number of likely N-dealkylation sites (tertiary alicyclic amines) is 1. The summed E-state index contributed by atoms with van der Waals surface area (Å²) in [5, 5.41) is 34.5. The van der Waals surface area contributed by atoms with Crippen molar-refractivity contribution in [1.82, 2.24) is 36.8 Å². The molecule has 1 heterocycles. The van der Waals surface area contributed by atoms with Gasteiger partial charge in [-0.3, -0.25) is 52.7 Å². The number of carbonyl (C=O) groups is 11. The molecule has 1 aromatic rings. The molecular formula is C46H70N8O13. The van der Waals surface area contributed by atoms with E-state index >= 15 is 0 Å². The molecule has 10 N–H and O–H groups in total. The van der Waals surface area contributed by atoms with Gasteiger partial charge >= 0.3 is 11.9 Å². The van der Waals surface area contributed by atoms with Crippen molar-refractivity contribution in [3.05, 3.63) is 35.4 Å². The standard InChI is InChI=1S/C46H70N8O13/c1-9-10-15-30(37(60)39(47)61)48-42(64)32(22-25(2)3)52-45(67)38(46(6,7)8)53-44(66)33(23-29-14-12-11-13-26(29)4)51-41(63)31(16-17-35(56)57)49-43(65)34(24-36(58)59)50-40(62)28-18-20-54(21-19-28)27(5)55/h11-14,25,28,30-34,38H,9-10,15-24H2,1-8H3,(H2,47,61)(H,48,64)(H,49,65)(H,50,62)(H,51,63)(H,52,67)(H,53,66)(H,56,57)(H,58,59)/t30-,31-,32-,33-,34-,38+/m0/s1. The van der Waals surface area contributed by atoms with E-state index in [2.05, 4.69) is 31.9 Å². The molecule has 21 nitrogen and oxygen atoms in total. The number of carboxylic acids is 2. The zero-order valence-electron chi connectivity index (χ0n) is 39.8. The summed E-state index contributed by atoms with van der Waals surface area (Å²) >= 11 is 0. The summed E-state index contributed by atoms with van der Waals surface area (Å²) in [6.45, 7) is 14.1. The number of rotatable bonds is 26. The number of aryl methyl sites for hydroxylation is 1. The Bertz CT molecular complexity index is 1980. The van der Waals surface area contributed by atoms with Gasteiger partial charge in [0.2, 0.25) is 47.1 Å². The lowest BCUT2D eigenvalue weighted by Crippen LogP contribution is -2.62. The molecule has 0 aromatic heterocycles. The predicted molar refractivity (Wildman–Crippen MR) is 243 cm³/mol. The number of carboxylic acid groups (broad SMARTS) is 2. The van der Waals surface area contributed by atoms with Gasteiger partial charge in [0.25, 0.3) is 5.91 Å². The molecule has 1 aliphatic heterocycles. The van der Waals surface area contributed by atoms with Crippen molar-refractivity contribution in [2.75, 3.05) is 13.1 Å². The maximum absolute atomic E-state index is 14.4. The molecule has 67 heavy (non-hydrogen) atoms. The average Bonchev–Trinajstić information content (AvgIpc) is 3.24. The number of nitrogens with zero attached hydrogens (tertiary/aromatic N) is 1. The molecule has 2 rings (SSSR count). The van der Waals surface area contributed by atoms with E-state index in [1.807, 2.05) is 6.92 Å². The number of hydrogen-bond donors (Lipinski definition) is 9. The number of nitrogens with two attached hydrogens (primary N) is 1. The Morgan fingerprint density at radius 2 is 1.25 bits per heavy atom. The SMILES string of the molecule is CCCC[C@H](NC(=O)[C@H](CC(C)C)NC(=O)[C@@H](NC(=O)[C@H](Cc1ccccc1C)NC(=O)[C@H](CCC(=O)O)NC(=O)[C@H](CC(=O)O)NC(=O)C1CCN(C(C)=O)CC1)C(C)(C)C)C(=O)C(N)=O. The Labute approximate surface area is 391 Å². The molecular weight excluding hydrogens is 873 g/mol. The minimum absolute atomic E-state index is 0.0977. The maximum atomic E-state index is 14.4. The Morgan fingerprint density at radius 1 is 0.716 bits per heavy atom. The zero-order chi connectivity index (χ0) is 50.8. The normalized spacial score (nSPS) is 15.6. The molecule has 1 saturated heterocycles. The lowest BCUT2D eigenvalue weighted by atomic mass is 9.85. The number of nitrogens with one attached hydrogen (secondary N) is 6. The van der Waals surface area contributed by atoms with Gasteiger partial charge in [-0.05, 0) is 61.5 Å². The molecule has 1 aliphatic rings. The van der Waals surface area contributed by atoms with Crippen LogP contribution < -0.4 is 37.6 Å². The van der Waals surface area contributed by atoms with Gasteiger partial charge < -0.3 is 52.7 Å². The van der Waals surface area contributed by atoms with Gasteiger partial charge in [-0.2, -0.15) is 0 Å². The second-order valence-corrected chi connectivity index (χ2v) is 18.6. The molecule has 0 bridgehead atoms. The van der Waals surface area contributed by atoms with Gasteiger partial charge in [0.1, 0.15) is 30.2 Å². The van der Waals surface area contributed by atoms with Crippen molar-refractivity contribution < 1.29 is 63.0 Å². The minimum Gasteiger partial charge on any atom is -0.481 e. The van der Waals surface area contributed by atoms with E-state index in [1.54, 1.807) is 70.7 Å². The number of benzene rings is 1. The lowest BCUT2D eigenvalue weighted by molar-refractivity contribution is -0.142. The van der Waals surface area contributed by atoms with E-state index in [1.165, 1.54) is 6.92 Å². The monoisotopic (exact) mass is 943 g/mol. The summed E-state index contributed by atoms with van der Waals surface area (Å²) in [5.74, 6) is -11.2. The van der Waals surface area contributed by atoms with Crippen molar-refractivity contribution in [2.24, 2.45) is 23.0 Å². The van der Waals surface area contributed by atoms with Crippen molar-refractivity contribution >= 4 is 65.0 Å². The first-order valence-corrected chi connectivity index (χ1v) is 22.6. The molecule has 0 spiro atoms. The van der Waals surface area contributed by atoms with Gasteiger partial charge in [0.05, 0.1) is 12.5 Å². The van der Waals surface area contributed by atoms with E-state index in [9.17, 15) is 63.0 Å². The molecule has 0 unspecified atom stereocenters. The molecule has 21 heteroatoms. The molecule has 0 radical (unpaired) electrons. The van der Waals surface area contributed by atoms with Gasteiger partial charge in [-0.15, -0.1) is 0 Å². The molecule has 0 saturated carbocycles. The van der Waals surface area contributed by atoms with E-state index < -0.39 is 126 Å². The highest BCUT2D eigenvalue weighted by molar-refractivity contribution is 6.37. The zero-order valence-corrected chi connectivity index (χ0v) is 39.8. The van der Waals surface area contributed by atoms with Crippen LogP contribution in [-0.4, -0.2) is 129 Å². The second kappa shape index (κ2) is 26.7. The average molecular weight is 943 g/mol. The van der Waals surface area contributed by atoms with Gasteiger partial charge in [0, 0.05) is 38.8 Å². The van der Waals surface area contributed by atoms with Gasteiger partial charge in [-0.25, -0.2) is 0 Å². The van der Waals surface area contributed by atoms with Crippen LogP contribution in [0.1, 0.15) is 117 Å². The highest BCUT2D eigenvalue weighted by Gasteiger charge is 2.39. The highest BCUT2D eigenvalue weighted by Crippen LogP contribution is 2.22. The van der Waals surface area contributed by atoms with Crippen LogP contribution in [0.5, 0.6) is 0 Å². The third-order valence-corrected chi connectivity index (χ3v) is 11.4. The maximum Gasteiger partial charge on any atom is 0.305 e. The number of Topliss-reactive ketones (excluding diaryl/α,β-unsaturated/α-hetero) is 1. The Morgan fingerprint density at radius 3 is 1.78 bits per heavy atom. The number of amides is 8. The molecule has 1 aromatic carbocycles. The van der Waals surface area contributed by atoms with Crippen molar-refractivity contribution in [3.8, 4) is 0 Å². The molecule has 6 atom stereocenters. The summed E-state index contributed by atoms with van der Waals surface area (Å²) in [5.41, 5.74) is 5.54. The Kier molecular flexibility index (Phi) is 22.6. The van der Waals surface area contributed by atoms with Crippen LogP contribution in [0.4, 0.5) is 0 Å². The fourth-order valence-electron chi connectivity index (χ4n) is 7.48. The third kappa shape index (κ3) is 19.1. The van der Waals surface area contributed by atoms with Gasteiger partial charge in [0.15, 0.2) is 0 Å². The first kappa shape index (κ1) is 56.7. The Hall–Kier alpha value is -6.41. The van der Waals surface area contributed by atoms with Crippen LogP contribution in [0, 0.1) is 24.2 Å². The fourth-order valence-corrected chi connectivity index (χ4v) is 7.48. The van der Waals surface area contributed by atoms with E-state index in [0.717, 1.165) is 5.56 Å². The number of carbonyl (C=O) groups excluding carboxylic acids is 9. The summed E-state index contributed by atoms with van der Waals surface area (Å²) in [4.78, 5) is 145. The van der Waals surface area contributed by atoms with Crippen LogP contribution in [0.25, 0.3) is 0 Å². The first-order chi connectivity index (χ1) is 31.2. The largest absolute Gasteiger partial charge is 0.481 e. The number of unbranched alkanes of at least 4 members (excludes halogenated alkanes) is 1. The van der Waals surface area contributed by atoms with E-state index in [4.69, 9.17) is 5.73 Å². The van der Waals surface area contributed by atoms with E-state index in [0.29, 0.717) is 18.4 Å². The van der Waals surface area contributed by atoms with Crippen LogP contribution >= 0.6 is 0 Å². The highest BCUT2D eigenvalue weighted by atomic mass is 16.4. The molecule has 1 fully saturated rings. The quantitative estimate of drug-likeness (QED) is 0.0569. The molecule has 8 amide bonds. The second-order valence-electron chi connectivity index (χ2n) is 18.6.